The molecular weight excluding hydrogens is 434 g/mol. The van der Waals surface area contributed by atoms with Crippen LogP contribution in [0.4, 0.5) is 8.78 Å². The van der Waals surface area contributed by atoms with Crippen LogP contribution < -0.4 is 4.74 Å². The highest BCUT2D eigenvalue weighted by Crippen LogP contribution is 2.40. The maximum Gasteiger partial charge on any atom is 0.387 e. The Morgan fingerprint density at radius 2 is 2.00 bits per heavy atom. The predicted molar refractivity (Wildman–Crippen MR) is 113 cm³/mol. The first-order valence-corrected chi connectivity index (χ1v) is 10.5. The third-order valence-electron chi connectivity index (χ3n) is 5.68. The fourth-order valence-corrected chi connectivity index (χ4v) is 4.30. The second-order valence-corrected chi connectivity index (χ2v) is 7.54. The Kier molecular flexibility index (Phi) is 6.93. The molecule has 8 nitrogen and oxygen atoms in total. The van der Waals surface area contributed by atoms with Crippen molar-refractivity contribution in [2.75, 3.05) is 26.3 Å². The summed E-state index contributed by atoms with van der Waals surface area (Å²) in [5.74, 6) is 0.308. The number of hydrogen-bond donors (Lipinski definition) is 2. The van der Waals surface area contributed by atoms with Gasteiger partial charge in [-0.1, -0.05) is 23.4 Å². The SMILES string of the molecule is N#Cc1cc(-c2nc(-c3cccc4c3CC[C@@H]4N(CCO)CCO)no2)ccc1OC(F)F. The summed E-state index contributed by atoms with van der Waals surface area (Å²) in [6.07, 6.45) is 1.62. The van der Waals surface area contributed by atoms with Gasteiger partial charge in [-0.25, -0.2) is 0 Å². The third-order valence-corrected chi connectivity index (χ3v) is 5.68. The molecule has 0 spiro atoms. The first kappa shape index (κ1) is 22.8. The number of aromatic nitrogens is 2. The number of aliphatic hydroxyl groups excluding tert-OH is 2. The highest BCUT2D eigenvalue weighted by molar-refractivity contribution is 5.67. The van der Waals surface area contributed by atoms with Crippen molar-refractivity contribution < 1.29 is 28.3 Å². The second-order valence-electron chi connectivity index (χ2n) is 7.54. The summed E-state index contributed by atoms with van der Waals surface area (Å²) in [4.78, 5) is 6.53. The molecule has 2 N–H and O–H groups in total. The summed E-state index contributed by atoms with van der Waals surface area (Å²) < 4.78 is 34.8. The van der Waals surface area contributed by atoms with E-state index in [1.165, 1.54) is 18.2 Å². The lowest BCUT2D eigenvalue weighted by molar-refractivity contribution is -0.0500. The number of benzene rings is 2. The van der Waals surface area contributed by atoms with E-state index in [1.807, 2.05) is 24.3 Å². The van der Waals surface area contributed by atoms with E-state index in [0.29, 0.717) is 24.5 Å². The number of rotatable bonds is 9. The lowest BCUT2D eigenvalue weighted by atomic mass is 10.0. The molecule has 1 atom stereocenters. The lowest BCUT2D eigenvalue weighted by Crippen LogP contribution is -2.32. The van der Waals surface area contributed by atoms with Gasteiger partial charge in [-0.2, -0.15) is 19.0 Å². The molecule has 33 heavy (non-hydrogen) atoms. The largest absolute Gasteiger partial charge is 0.433 e. The maximum atomic E-state index is 12.5. The van der Waals surface area contributed by atoms with Gasteiger partial charge in [-0.15, -0.1) is 0 Å². The van der Waals surface area contributed by atoms with Gasteiger partial charge in [0.2, 0.25) is 5.82 Å². The topological polar surface area (TPSA) is 116 Å². The van der Waals surface area contributed by atoms with Crippen molar-refractivity contribution in [3.8, 4) is 34.7 Å². The lowest BCUT2D eigenvalue weighted by Gasteiger charge is -2.28. The summed E-state index contributed by atoms with van der Waals surface area (Å²) >= 11 is 0. The molecule has 0 saturated carbocycles. The quantitative estimate of drug-likeness (QED) is 0.505. The zero-order valence-electron chi connectivity index (χ0n) is 17.6. The van der Waals surface area contributed by atoms with Crippen LogP contribution in [0.2, 0.25) is 0 Å². The number of ether oxygens (including phenoxy) is 1. The molecule has 1 heterocycles. The van der Waals surface area contributed by atoms with Crippen LogP contribution in [0.3, 0.4) is 0 Å². The molecule has 1 aliphatic carbocycles. The molecule has 10 heteroatoms. The van der Waals surface area contributed by atoms with Crippen LogP contribution in [0.15, 0.2) is 40.9 Å². The van der Waals surface area contributed by atoms with Crippen molar-refractivity contribution in [1.29, 1.82) is 5.26 Å². The molecule has 1 aliphatic rings. The normalized spacial score (nSPS) is 15.1. The minimum absolute atomic E-state index is 0.00551. The van der Waals surface area contributed by atoms with Crippen molar-refractivity contribution in [2.45, 2.75) is 25.5 Å². The number of nitrogens with zero attached hydrogens (tertiary/aromatic N) is 4. The van der Waals surface area contributed by atoms with E-state index < -0.39 is 6.61 Å². The van der Waals surface area contributed by atoms with E-state index in [4.69, 9.17) is 4.52 Å². The monoisotopic (exact) mass is 456 g/mol. The molecule has 0 aliphatic heterocycles. The highest BCUT2D eigenvalue weighted by Gasteiger charge is 2.30. The molecule has 0 bridgehead atoms. The van der Waals surface area contributed by atoms with E-state index in [-0.39, 0.29) is 36.5 Å². The van der Waals surface area contributed by atoms with Crippen LogP contribution in [0.1, 0.15) is 29.2 Å². The third kappa shape index (κ3) is 4.71. The summed E-state index contributed by atoms with van der Waals surface area (Å²) in [6, 6.07) is 11.8. The van der Waals surface area contributed by atoms with Crippen molar-refractivity contribution in [2.24, 2.45) is 0 Å². The Morgan fingerprint density at radius 3 is 2.70 bits per heavy atom. The van der Waals surface area contributed by atoms with Crippen molar-refractivity contribution in [3.63, 3.8) is 0 Å². The average molecular weight is 456 g/mol. The molecule has 3 aromatic rings. The maximum absolute atomic E-state index is 12.5. The van der Waals surface area contributed by atoms with Gasteiger partial charge < -0.3 is 19.5 Å². The molecule has 4 rings (SSSR count). The molecule has 0 radical (unpaired) electrons. The van der Waals surface area contributed by atoms with Crippen LogP contribution in [-0.4, -0.2) is 58.2 Å². The Morgan fingerprint density at radius 1 is 1.21 bits per heavy atom. The van der Waals surface area contributed by atoms with E-state index in [1.54, 1.807) is 0 Å². The zero-order chi connectivity index (χ0) is 23.4. The Hall–Kier alpha value is -3.39. The van der Waals surface area contributed by atoms with E-state index in [2.05, 4.69) is 19.8 Å². The average Bonchev–Trinajstić information content (AvgIpc) is 3.46. The highest BCUT2D eigenvalue weighted by atomic mass is 19.3. The molecule has 0 unspecified atom stereocenters. The molecule has 0 amide bonds. The number of aliphatic hydroxyl groups is 2. The van der Waals surface area contributed by atoms with Gasteiger partial charge in [0.05, 0.1) is 18.8 Å². The van der Waals surface area contributed by atoms with Gasteiger partial charge in [-0.3, -0.25) is 4.90 Å². The van der Waals surface area contributed by atoms with Gasteiger partial charge in [0.1, 0.15) is 11.8 Å². The molecule has 172 valence electrons. The van der Waals surface area contributed by atoms with Gasteiger partial charge in [-0.05, 0) is 42.2 Å². The van der Waals surface area contributed by atoms with Crippen molar-refractivity contribution >= 4 is 0 Å². The number of hydrogen-bond acceptors (Lipinski definition) is 8. The summed E-state index contributed by atoms with van der Waals surface area (Å²) in [6.45, 7) is -2.09. The predicted octanol–water partition coefficient (Wildman–Crippen LogP) is 3.15. The van der Waals surface area contributed by atoms with E-state index >= 15 is 0 Å². The van der Waals surface area contributed by atoms with E-state index in [0.717, 1.165) is 29.5 Å². The number of alkyl halides is 2. The van der Waals surface area contributed by atoms with Crippen LogP contribution in [0.25, 0.3) is 22.8 Å². The first-order valence-electron chi connectivity index (χ1n) is 10.5. The Balaban J connectivity index is 1.64. The fraction of sp³-hybridized carbons (Fsp3) is 0.348. The van der Waals surface area contributed by atoms with Gasteiger partial charge >= 0.3 is 6.61 Å². The van der Waals surface area contributed by atoms with Crippen LogP contribution in [-0.2, 0) is 6.42 Å². The zero-order valence-corrected chi connectivity index (χ0v) is 17.6. The smallest absolute Gasteiger partial charge is 0.387 e. The number of halogens is 2. The minimum Gasteiger partial charge on any atom is -0.433 e. The Labute approximate surface area is 188 Å². The molecular formula is C23H22F2N4O4. The standard InChI is InChI=1S/C23H22F2N4O4/c24-23(25)32-20-7-4-14(12-15(20)13-26)22-27-21(28-33-22)18-3-1-2-17-16(18)5-6-19(17)29(8-10-30)9-11-31/h1-4,7,12,19,23,30-31H,5-6,8-11H2/t19-/m0/s1. The van der Waals surface area contributed by atoms with Crippen LogP contribution in [0, 0.1) is 11.3 Å². The number of nitriles is 1. The molecule has 0 fully saturated rings. The minimum atomic E-state index is -3.03. The van der Waals surface area contributed by atoms with Crippen molar-refractivity contribution in [1.82, 2.24) is 15.0 Å². The fourth-order valence-electron chi connectivity index (χ4n) is 4.30. The first-order chi connectivity index (χ1) is 16.0. The van der Waals surface area contributed by atoms with Crippen LogP contribution in [0.5, 0.6) is 5.75 Å². The number of fused-ring (bicyclic) bond motifs is 1. The second kappa shape index (κ2) is 10.0. The summed E-state index contributed by atoms with van der Waals surface area (Å²) in [5.41, 5.74) is 3.34. The molecule has 1 aromatic heterocycles. The Bertz CT molecular complexity index is 1160. The summed E-state index contributed by atoms with van der Waals surface area (Å²) in [7, 11) is 0. The molecule has 2 aromatic carbocycles. The van der Waals surface area contributed by atoms with Crippen LogP contribution >= 0.6 is 0 Å². The van der Waals surface area contributed by atoms with Gasteiger partial charge in [0.25, 0.3) is 5.89 Å². The van der Waals surface area contributed by atoms with Gasteiger partial charge in [0, 0.05) is 30.3 Å². The summed E-state index contributed by atoms with van der Waals surface area (Å²) in [5, 5.41) is 32.1. The molecule has 0 saturated heterocycles. The van der Waals surface area contributed by atoms with Gasteiger partial charge in [0.15, 0.2) is 0 Å². The van der Waals surface area contributed by atoms with Crippen molar-refractivity contribution in [3.05, 3.63) is 53.1 Å². The van der Waals surface area contributed by atoms with E-state index in [9.17, 15) is 24.3 Å².